The molecular formula is C15H21FN2O. The van der Waals surface area contributed by atoms with Gasteiger partial charge in [0.15, 0.2) is 11.6 Å². The number of nitrogens with one attached hydrogen (secondary N) is 1. The first kappa shape index (κ1) is 15.5. The Morgan fingerprint density at radius 1 is 1.42 bits per heavy atom. The molecule has 0 saturated carbocycles. The van der Waals surface area contributed by atoms with Crippen molar-refractivity contribution >= 4 is 0 Å². The van der Waals surface area contributed by atoms with Gasteiger partial charge in [-0.05, 0) is 39.8 Å². The van der Waals surface area contributed by atoms with Gasteiger partial charge in [-0.25, -0.2) is 4.39 Å². The average Bonchev–Trinajstić information content (AvgIpc) is 2.37. The van der Waals surface area contributed by atoms with Crippen molar-refractivity contribution in [2.75, 3.05) is 13.7 Å². The van der Waals surface area contributed by atoms with E-state index in [4.69, 9.17) is 10.00 Å². The van der Waals surface area contributed by atoms with Gasteiger partial charge in [0.25, 0.3) is 0 Å². The lowest BCUT2D eigenvalue weighted by Crippen LogP contribution is -2.12. The van der Waals surface area contributed by atoms with E-state index in [-0.39, 0.29) is 11.2 Å². The zero-order valence-corrected chi connectivity index (χ0v) is 11.8. The summed E-state index contributed by atoms with van der Waals surface area (Å²) >= 11 is 0. The Balaban J connectivity index is 2.56. The lowest BCUT2D eigenvalue weighted by atomic mass is 9.90. The van der Waals surface area contributed by atoms with Crippen LogP contribution >= 0.6 is 0 Å². The smallest absolute Gasteiger partial charge is 0.165 e. The van der Waals surface area contributed by atoms with Crippen molar-refractivity contribution < 1.29 is 9.13 Å². The molecule has 1 aromatic rings. The highest BCUT2D eigenvalue weighted by Crippen LogP contribution is 2.24. The van der Waals surface area contributed by atoms with Gasteiger partial charge >= 0.3 is 0 Å². The summed E-state index contributed by atoms with van der Waals surface area (Å²) in [4.78, 5) is 0. The van der Waals surface area contributed by atoms with E-state index in [1.54, 1.807) is 6.07 Å². The third-order valence-corrected chi connectivity index (χ3v) is 2.91. The van der Waals surface area contributed by atoms with Gasteiger partial charge in [0.1, 0.15) is 0 Å². The third-order valence-electron chi connectivity index (χ3n) is 2.91. The number of para-hydroxylation sites is 1. The molecule has 0 heterocycles. The number of rotatable bonds is 7. The summed E-state index contributed by atoms with van der Waals surface area (Å²) in [5.41, 5.74) is 0.453. The Bertz CT molecular complexity index is 452. The van der Waals surface area contributed by atoms with Gasteiger partial charge in [-0.3, -0.25) is 0 Å². The van der Waals surface area contributed by atoms with Crippen LogP contribution in [-0.4, -0.2) is 13.7 Å². The molecule has 0 aliphatic rings. The van der Waals surface area contributed by atoms with Gasteiger partial charge in [-0.15, -0.1) is 0 Å². The first-order valence-electron chi connectivity index (χ1n) is 6.46. The zero-order chi connectivity index (χ0) is 14.3. The molecule has 0 bridgehead atoms. The molecule has 0 unspecified atom stereocenters. The molecule has 1 aromatic carbocycles. The number of hydrogen-bond acceptors (Lipinski definition) is 3. The van der Waals surface area contributed by atoms with Crippen molar-refractivity contribution in [3.05, 3.63) is 29.6 Å². The number of hydrogen-bond donors (Lipinski definition) is 1. The second-order valence-corrected chi connectivity index (χ2v) is 5.21. The Morgan fingerprint density at radius 2 is 2.16 bits per heavy atom. The Kier molecular flexibility index (Phi) is 5.78. The maximum atomic E-state index is 13.7. The van der Waals surface area contributed by atoms with Gasteiger partial charge in [-0.2, -0.15) is 5.26 Å². The van der Waals surface area contributed by atoms with E-state index in [0.29, 0.717) is 18.9 Å². The molecule has 0 fully saturated rings. The fraction of sp³-hybridized carbons (Fsp3) is 0.533. The number of benzene rings is 1. The highest BCUT2D eigenvalue weighted by molar-refractivity contribution is 5.34. The molecule has 0 saturated heterocycles. The quantitative estimate of drug-likeness (QED) is 0.769. The maximum Gasteiger partial charge on any atom is 0.165 e. The minimum Gasteiger partial charge on any atom is -0.490 e. The van der Waals surface area contributed by atoms with E-state index in [1.807, 2.05) is 27.0 Å². The summed E-state index contributed by atoms with van der Waals surface area (Å²) in [6, 6.07) is 7.16. The highest BCUT2D eigenvalue weighted by Gasteiger charge is 2.16. The van der Waals surface area contributed by atoms with Gasteiger partial charge in [-0.1, -0.05) is 12.1 Å². The van der Waals surface area contributed by atoms with E-state index in [0.717, 1.165) is 18.4 Å². The molecule has 0 aliphatic heterocycles. The van der Waals surface area contributed by atoms with E-state index < -0.39 is 0 Å². The van der Waals surface area contributed by atoms with E-state index >= 15 is 0 Å². The molecule has 0 atom stereocenters. The van der Waals surface area contributed by atoms with E-state index in [2.05, 4.69) is 11.4 Å². The molecule has 1 N–H and O–H groups in total. The summed E-state index contributed by atoms with van der Waals surface area (Å²) in [5.74, 6) is -0.0288. The van der Waals surface area contributed by atoms with Crippen molar-refractivity contribution in [3.8, 4) is 11.8 Å². The molecule has 4 heteroatoms. The monoisotopic (exact) mass is 264 g/mol. The fourth-order valence-corrected chi connectivity index (χ4v) is 1.79. The lowest BCUT2D eigenvalue weighted by Gasteiger charge is -2.16. The Hall–Kier alpha value is -1.60. The minimum atomic E-state index is -0.355. The summed E-state index contributed by atoms with van der Waals surface area (Å²) in [6.07, 6.45) is 1.47. The summed E-state index contributed by atoms with van der Waals surface area (Å²) < 4.78 is 19.2. The first-order chi connectivity index (χ1) is 9.00. The molecule has 0 aliphatic carbocycles. The van der Waals surface area contributed by atoms with E-state index in [9.17, 15) is 4.39 Å². The van der Waals surface area contributed by atoms with Crippen LogP contribution in [0.25, 0.3) is 0 Å². The number of ether oxygens (including phenoxy) is 1. The van der Waals surface area contributed by atoms with Crippen LogP contribution in [0.2, 0.25) is 0 Å². The molecule has 19 heavy (non-hydrogen) atoms. The van der Waals surface area contributed by atoms with Crippen LogP contribution in [0.3, 0.4) is 0 Å². The molecule has 1 rings (SSSR count). The van der Waals surface area contributed by atoms with Crippen LogP contribution in [0, 0.1) is 22.6 Å². The SMILES string of the molecule is CNCc1cccc(F)c1OCCCC(C)(C)C#N. The van der Waals surface area contributed by atoms with Crippen LogP contribution in [0.1, 0.15) is 32.3 Å². The normalized spacial score (nSPS) is 11.1. The van der Waals surface area contributed by atoms with Crippen LogP contribution in [0.15, 0.2) is 18.2 Å². The zero-order valence-electron chi connectivity index (χ0n) is 11.8. The third kappa shape index (κ3) is 4.88. The molecule has 0 radical (unpaired) electrons. The Morgan fingerprint density at radius 3 is 2.79 bits per heavy atom. The van der Waals surface area contributed by atoms with Crippen LogP contribution < -0.4 is 10.1 Å². The molecular weight excluding hydrogens is 243 g/mol. The average molecular weight is 264 g/mol. The molecule has 0 spiro atoms. The second-order valence-electron chi connectivity index (χ2n) is 5.21. The molecule has 0 aromatic heterocycles. The van der Waals surface area contributed by atoms with Crippen molar-refractivity contribution in [3.63, 3.8) is 0 Å². The minimum absolute atomic E-state index is 0.312. The molecule has 3 nitrogen and oxygen atoms in total. The number of nitriles is 1. The van der Waals surface area contributed by atoms with Gasteiger partial charge in [0, 0.05) is 12.1 Å². The largest absolute Gasteiger partial charge is 0.490 e. The number of nitrogens with zero attached hydrogens (tertiary/aromatic N) is 1. The lowest BCUT2D eigenvalue weighted by molar-refractivity contribution is 0.270. The first-order valence-corrected chi connectivity index (χ1v) is 6.46. The van der Waals surface area contributed by atoms with Crippen molar-refractivity contribution in [1.29, 1.82) is 5.26 Å². The predicted molar refractivity (Wildman–Crippen MR) is 73.3 cm³/mol. The molecule has 104 valence electrons. The topological polar surface area (TPSA) is 45.0 Å². The predicted octanol–water partition coefficient (Wildman–Crippen LogP) is 3.25. The van der Waals surface area contributed by atoms with Gasteiger partial charge in [0.05, 0.1) is 18.1 Å². The van der Waals surface area contributed by atoms with Gasteiger partial charge < -0.3 is 10.1 Å². The van der Waals surface area contributed by atoms with Crippen molar-refractivity contribution in [2.45, 2.75) is 33.2 Å². The molecule has 0 amide bonds. The van der Waals surface area contributed by atoms with Crippen LogP contribution in [0.5, 0.6) is 5.75 Å². The van der Waals surface area contributed by atoms with Gasteiger partial charge in [0.2, 0.25) is 0 Å². The van der Waals surface area contributed by atoms with Crippen LogP contribution in [-0.2, 0) is 6.54 Å². The fourth-order valence-electron chi connectivity index (χ4n) is 1.79. The second kappa shape index (κ2) is 7.10. The Labute approximate surface area is 114 Å². The number of halogens is 1. The van der Waals surface area contributed by atoms with Crippen molar-refractivity contribution in [1.82, 2.24) is 5.32 Å². The summed E-state index contributed by atoms with van der Waals surface area (Å²) in [6.45, 7) is 4.77. The highest BCUT2D eigenvalue weighted by atomic mass is 19.1. The summed E-state index contributed by atoms with van der Waals surface area (Å²) in [7, 11) is 1.81. The standard InChI is InChI=1S/C15H21FN2O/c1-15(2,11-17)8-5-9-19-14-12(10-18-3)6-4-7-13(14)16/h4,6-7,18H,5,8-10H2,1-3H3. The van der Waals surface area contributed by atoms with E-state index in [1.165, 1.54) is 6.07 Å². The van der Waals surface area contributed by atoms with Crippen LogP contribution in [0.4, 0.5) is 4.39 Å². The summed E-state index contributed by atoms with van der Waals surface area (Å²) in [5, 5.41) is 11.9. The maximum absolute atomic E-state index is 13.7. The van der Waals surface area contributed by atoms with Crippen molar-refractivity contribution in [2.24, 2.45) is 5.41 Å².